The highest BCUT2D eigenvalue weighted by Crippen LogP contribution is 2.20. The average molecular weight is 316 g/mol. The lowest BCUT2D eigenvalue weighted by Crippen LogP contribution is -2.20. The Kier molecular flexibility index (Phi) is 4.20. The number of likely N-dealkylation sites (N-methyl/N-ethyl adjacent to an activating group) is 1. The second-order valence-corrected chi connectivity index (χ2v) is 5.85. The molecule has 0 spiro atoms. The van der Waals surface area contributed by atoms with Crippen molar-refractivity contribution >= 4 is 33.1 Å². The molecule has 0 amide bonds. The van der Waals surface area contributed by atoms with E-state index < -0.39 is 0 Å². The maximum Gasteiger partial charge on any atom is 0.167 e. The molecule has 2 aromatic rings. The van der Waals surface area contributed by atoms with Crippen LogP contribution in [-0.2, 0) is 13.0 Å². The average Bonchev–Trinajstić information content (AvgIpc) is 2.85. The van der Waals surface area contributed by atoms with E-state index in [0.29, 0.717) is 5.82 Å². The standard InChI is InChI=1S/C11H14BrN3OS/c1-15(6-9-5-11(13)14-16-9)3-2-10-4-8(12)7-17-10/h4-5,7H,2-3,6H2,1H3,(H2,13,14). The quantitative estimate of drug-likeness (QED) is 0.921. The van der Waals surface area contributed by atoms with E-state index in [1.807, 2.05) is 0 Å². The van der Waals surface area contributed by atoms with Crippen LogP contribution in [0.15, 0.2) is 26.5 Å². The first-order valence-electron chi connectivity index (χ1n) is 5.26. The van der Waals surface area contributed by atoms with E-state index in [-0.39, 0.29) is 0 Å². The summed E-state index contributed by atoms with van der Waals surface area (Å²) in [6.45, 7) is 1.71. The predicted molar refractivity (Wildman–Crippen MR) is 73.0 cm³/mol. The highest BCUT2D eigenvalue weighted by atomic mass is 79.9. The molecular formula is C11H14BrN3OS. The molecule has 0 unspecified atom stereocenters. The zero-order chi connectivity index (χ0) is 12.3. The van der Waals surface area contributed by atoms with Gasteiger partial charge in [0.2, 0.25) is 0 Å². The van der Waals surface area contributed by atoms with Gasteiger partial charge in [-0.15, -0.1) is 11.3 Å². The van der Waals surface area contributed by atoms with Gasteiger partial charge in [-0.2, -0.15) is 0 Å². The number of hydrogen-bond acceptors (Lipinski definition) is 5. The predicted octanol–water partition coefficient (Wildman–Crippen LogP) is 2.76. The molecule has 0 fully saturated rings. The molecule has 0 atom stereocenters. The number of anilines is 1. The van der Waals surface area contributed by atoms with E-state index in [9.17, 15) is 0 Å². The van der Waals surface area contributed by atoms with Crippen molar-refractivity contribution in [2.75, 3.05) is 19.3 Å². The van der Waals surface area contributed by atoms with Crippen LogP contribution >= 0.6 is 27.3 Å². The highest BCUT2D eigenvalue weighted by molar-refractivity contribution is 9.10. The molecule has 2 aromatic heterocycles. The number of nitrogens with zero attached hydrogens (tertiary/aromatic N) is 2. The van der Waals surface area contributed by atoms with Gasteiger partial charge in [0, 0.05) is 27.3 Å². The van der Waals surface area contributed by atoms with E-state index in [2.05, 4.69) is 44.5 Å². The Morgan fingerprint density at radius 1 is 1.53 bits per heavy atom. The van der Waals surface area contributed by atoms with E-state index >= 15 is 0 Å². The second kappa shape index (κ2) is 5.66. The zero-order valence-corrected chi connectivity index (χ0v) is 11.9. The first kappa shape index (κ1) is 12.6. The Morgan fingerprint density at radius 3 is 2.94 bits per heavy atom. The van der Waals surface area contributed by atoms with Crippen LogP contribution in [0.3, 0.4) is 0 Å². The van der Waals surface area contributed by atoms with Crippen LogP contribution in [0.4, 0.5) is 5.82 Å². The van der Waals surface area contributed by atoms with Gasteiger partial charge in [0.1, 0.15) is 0 Å². The Balaban J connectivity index is 1.79. The number of aromatic nitrogens is 1. The van der Waals surface area contributed by atoms with Crippen LogP contribution in [0.1, 0.15) is 10.6 Å². The lowest BCUT2D eigenvalue weighted by atomic mass is 10.3. The van der Waals surface area contributed by atoms with Crippen LogP contribution < -0.4 is 5.73 Å². The third kappa shape index (κ3) is 3.83. The minimum Gasteiger partial charge on any atom is -0.381 e. The highest BCUT2D eigenvalue weighted by Gasteiger charge is 2.06. The fourth-order valence-corrected chi connectivity index (χ4v) is 2.98. The fourth-order valence-electron chi connectivity index (χ4n) is 1.53. The zero-order valence-electron chi connectivity index (χ0n) is 9.52. The third-order valence-corrected chi connectivity index (χ3v) is 4.12. The molecule has 2 rings (SSSR count). The normalized spacial score (nSPS) is 11.2. The number of halogens is 1. The topological polar surface area (TPSA) is 55.3 Å². The molecule has 0 saturated heterocycles. The van der Waals surface area contributed by atoms with Crippen LogP contribution in [0.25, 0.3) is 0 Å². The van der Waals surface area contributed by atoms with Gasteiger partial charge in [-0.05, 0) is 35.5 Å². The summed E-state index contributed by atoms with van der Waals surface area (Å²) in [6.07, 6.45) is 1.04. The summed E-state index contributed by atoms with van der Waals surface area (Å²) in [6, 6.07) is 3.92. The van der Waals surface area contributed by atoms with Gasteiger partial charge in [0.15, 0.2) is 11.6 Å². The molecular weight excluding hydrogens is 302 g/mol. The van der Waals surface area contributed by atoms with E-state index in [1.165, 1.54) is 4.88 Å². The molecule has 0 bridgehead atoms. The van der Waals surface area contributed by atoms with E-state index in [0.717, 1.165) is 29.7 Å². The number of thiophene rings is 1. The lowest BCUT2D eigenvalue weighted by Gasteiger charge is -2.13. The minimum absolute atomic E-state index is 0.440. The van der Waals surface area contributed by atoms with Crippen molar-refractivity contribution in [3.05, 3.63) is 32.6 Å². The van der Waals surface area contributed by atoms with Crippen molar-refractivity contribution in [3.8, 4) is 0 Å². The molecule has 2 N–H and O–H groups in total. The molecule has 0 radical (unpaired) electrons. The molecule has 17 heavy (non-hydrogen) atoms. The molecule has 0 aliphatic heterocycles. The van der Waals surface area contributed by atoms with Gasteiger partial charge in [-0.1, -0.05) is 5.16 Å². The molecule has 2 heterocycles. The molecule has 0 saturated carbocycles. The van der Waals surface area contributed by atoms with Gasteiger partial charge in [0.05, 0.1) is 6.54 Å². The van der Waals surface area contributed by atoms with Gasteiger partial charge in [0.25, 0.3) is 0 Å². The smallest absolute Gasteiger partial charge is 0.167 e. The van der Waals surface area contributed by atoms with Gasteiger partial charge in [-0.3, -0.25) is 4.90 Å². The fraction of sp³-hybridized carbons (Fsp3) is 0.364. The van der Waals surface area contributed by atoms with Gasteiger partial charge in [-0.25, -0.2) is 0 Å². The van der Waals surface area contributed by atoms with Crippen molar-refractivity contribution in [3.63, 3.8) is 0 Å². The summed E-state index contributed by atoms with van der Waals surface area (Å²) < 4.78 is 6.23. The molecule has 6 heteroatoms. The summed E-state index contributed by atoms with van der Waals surface area (Å²) in [4.78, 5) is 3.56. The van der Waals surface area contributed by atoms with Crippen LogP contribution in [0.2, 0.25) is 0 Å². The second-order valence-electron chi connectivity index (χ2n) is 3.94. The summed E-state index contributed by atoms with van der Waals surface area (Å²) in [5, 5.41) is 5.77. The lowest BCUT2D eigenvalue weighted by molar-refractivity contribution is 0.276. The van der Waals surface area contributed by atoms with Crippen molar-refractivity contribution in [2.24, 2.45) is 0 Å². The Bertz CT molecular complexity index is 483. The van der Waals surface area contributed by atoms with Crippen molar-refractivity contribution in [2.45, 2.75) is 13.0 Å². The SMILES string of the molecule is CN(CCc1cc(Br)cs1)Cc1cc(N)no1. The van der Waals surface area contributed by atoms with Crippen molar-refractivity contribution in [1.82, 2.24) is 10.1 Å². The Hall–Kier alpha value is -0.850. The summed E-state index contributed by atoms with van der Waals surface area (Å²) in [5.41, 5.74) is 5.50. The first-order chi connectivity index (χ1) is 8.13. The maximum absolute atomic E-state index is 5.50. The van der Waals surface area contributed by atoms with Crippen LogP contribution in [-0.4, -0.2) is 23.6 Å². The van der Waals surface area contributed by atoms with Crippen LogP contribution in [0.5, 0.6) is 0 Å². The first-order valence-corrected chi connectivity index (χ1v) is 6.93. The summed E-state index contributed by atoms with van der Waals surface area (Å²) >= 11 is 5.23. The summed E-state index contributed by atoms with van der Waals surface area (Å²) in [5.74, 6) is 1.24. The monoisotopic (exact) mass is 315 g/mol. The molecule has 4 nitrogen and oxygen atoms in total. The summed E-state index contributed by atoms with van der Waals surface area (Å²) in [7, 11) is 2.06. The minimum atomic E-state index is 0.440. The largest absolute Gasteiger partial charge is 0.381 e. The number of nitrogens with two attached hydrogens (primary N) is 1. The van der Waals surface area contributed by atoms with Crippen molar-refractivity contribution < 1.29 is 4.52 Å². The molecule has 0 aliphatic carbocycles. The molecule has 0 aromatic carbocycles. The van der Waals surface area contributed by atoms with Gasteiger partial charge < -0.3 is 10.3 Å². The molecule has 92 valence electrons. The maximum atomic E-state index is 5.50. The number of hydrogen-bond donors (Lipinski definition) is 1. The number of rotatable bonds is 5. The van der Waals surface area contributed by atoms with Crippen molar-refractivity contribution in [1.29, 1.82) is 0 Å². The Morgan fingerprint density at radius 2 is 2.35 bits per heavy atom. The Labute approximate surface area is 113 Å². The third-order valence-electron chi connectivity index (χ3n) is 2.36. The van der Waals surface area contributed by atoms with Crippen LogP contribution in [0, 0.1) is 0 Å². The number of nitrogen functional groups attached to an aromatic ring is 1. The van der Waals surface area contributed by atoms with E-state index in [1.54, 1.807) is 17.4 Å². The van der Waals surface area contributed by atoms with Gasteiger partial charge >= 0.3 is 0 Å². The van der Waals surface area contributed by atoms with E-state index in [4.69, 9.17) is 10.3 Å². The molecule has 0 aliphatic rings.